The second kappa shape index (κ2) is 7.48. The predicted octanol–water partition coefficient (Wildman–Crippen LogP) is 3.10. The lowest BCUT2D eigenvalue weighted by atomic mass is 10.1. The first-order valence-corrected chi connectivity index (χ1v) is 9.91. The average Bonchev–Trinajstić information content (AvgIpc) is 3.11. The zero-order valence-electron chi connectivity index (χ0n) is 16.3. The smallest absolute Gasteiger partial charge is 0.276 e. The van der Waals surface area contributed by atoms with E-state index >= 15 is 0 Å². The van der Waals surface area contributed by atoms with Crippen molar-refractivity contribution in [2.45, 2.75) is 19.5 Å². The van der Waals surface area contributed by atoms with Crippen LogP contribution in [-0.2, 0) is 19.5 Å². The number of fused-ring (bicyclic) bond motifs is 3. The van der Waals surface area contributed by atoms with Gasteiger partial charge in [-0.05, 0) is 29.7 Å². The molecule has 2 heterocycles. The third-order valence-electron chi connectivity index (χ3n) is 5.33. The van der Waals surface area contributed by atoms with Gasteiger partial charge in [0.05, 0.1) is 17.4 Å². The quantitative estimate of drug-likeness (QED) is 0.459. The largest absolute Gasteiger partial charge is 0.352 e. The van der Waals surface area contributed by atoms with Crippen molar-refractivity contribution in [2.75, 3.05) is 0 Å². The number of para-hydroxylation sites is 1. The van der Waals surface area contributed by atoms with Gasteiger partial charge in [0.1, 0.15) is 0 Å². The van der Waals surface area contributed by atoms with Crippen molar-refractivity contribution in [1.82, 2.24) is 18.7 Å². The first-order chi connectivity index (χ1) is 14.7. The zero-order valence-corrected chi connectivity index (χ0v) is 16.3. The molecule has 0 aliphatic carbocycles. The van der Waals surface area contributed by atoms with Gasteiger partial charge < -0.3 is 0 Å². The molecule has 5 rings (SSSR count). The van der Waals surface area contributed by atoms with E-state index in [2.05, 4.69) is 5.10 Å². The molecule has 148 valence electrons. The molecule has 0 bridgehead atoms. The minimum atomic E-state index is -0.251. The third-order valence-corrected chi connectivity index (χ3v) is 5.33. The van der Waals surface area contributed by atoms with Crippen LogP contribution in [0.1, 0.15) is 11.1 Å². The fraction of sp³-hybridized carbons (Fsp3) is 0.125. The van der Waals surface area contributed by atoms with Crippen LogP contribution in [0.2, 0.25) is 0 Å². The topological polar surface area (TPSA) is 61.3 Å². The minimum absolute atomic E-state index is 0.133. The maximum atomic E-state index is 13.2. The molecule has 0 aliphatic heterocycles. The second-order valence-corrected chi connectivity index (χ2v) is 7.27. The van der Waals surface area contributed by atoms with E-state index in [4.69, 9.17) is 0 Å². The van der Waals surface area contributed by atoms with E-state index in [1.54, 1.807) is 21.1 Å². The summed E-state index contributed by atoms with van der Waals surface area (Å²) in [6, 6.07) is 26.9. The van der Waals surface area contributed by atoms with E-state index in [9.17, 15) is 9.59 Å². The number of aryl methyl sites for hydroxylation is 2. The Hall–Kier alpha value is -3.93. The van der Waals surface area contributed by atoms with Crippen molar-refractivity contribution in [2.24, 2.45) is 0 Å². The van der Waals surface area contributed by atoms with E-state index in [1.165, 1.54) is 4.68 Å². The van der Waals surface area contributed by atoms with Gasteiger partial charge in [-0.1, -0.05) is 72.8 Å². The maximum Gasteiger partial charge on any atom is 0.352 e. The molecule has 0 fully saturated rings. The van der Waals surface area contributed by atoms with Crippen LogP contribution in [0.15, 0.2) is 94.5 Å². The predicted molar refractivity (Wildman–Crippen MR) is 117 cm³/mol. The van der Waals surface area contributed by atoms with Crippen molar-refractivity contribution in [3.05, 3.63) is 117 Å². The standard InChI is InChI=1S/C24H20N4O2/c29-22-20-13-7-8-14-21(20)28-23(26(22)16-15-18-9-3-1-4-10-18)25-27(24(28)30)17-19-11-5-2-6-12-19/h1-14H,15-17H2. The molecule has 30 heavy (non-hydrogen) atoms. The molecule has 0 saturated heterocycles. The summed E-state index contributed by atoms with van der Waals surface area (Å²) in [4.78, 5) is 26.5. The maximum absolute atomic E-state index is 13.2. The summed E-state index contributed by atoms with van der Waals surface area (Å²) in [6.07, 6.45) is 0.675. The Kier molecular flexibility index (Phi) is 4.52. The van der Waals surface area contributed by atoms with Crippen LogP contribution < -0.4 is 11.2 Å². The number of hydrogen-bond donors (Lipinski definition) is 0. The summed E-state index contributed by atoms with van der Waals surface area (Å²) >= 11 is 0. The molecule has 2 aromatic heterocycles. The molecule has 0 radical (unpaired) electrons. The number of hydrogen-bond acceptors (Lipinski definition) is 3. The molecule has 0 amide bonds. The molecule has 0 N–H and O–H groups in total. The van der Waals surface area contributed by atoms with E-state index in [0.29, 0.717) is 36.2 Å². The lowest BCUT2D eigenvalue weighted by Gasteiger charge is -2.09. The summed E-state index contributed by atoms with van der Waals surface area (Å²) < 4.78 is 4.58. The van der Waals surface area contributed by atoms with Crippen LogP contribution in [0.25, 0.3) is 16.7 Å². The normalized spacial score (nSPS) is 11.3. The molecule has 0 atom stereocenters. The average molecular weight is 396 g/mol. The highest BCUT2D eigenvalue weighted by Gasteiger charge is 2.17. The molecule has 0 saturated carbocycles. The van der Waals surface area contributed by atoms with Crippen LogP contribution in [-0.4, -0.2) is 18.7 Å². The molecule has 3 aromatic carbocycles. The Balaban J connectivity index is 1.69. The van der Waals surface area contributed by atoms with Crippen molar-refractivity contribution in [3.63, 3.8) is 0 Å². The lowest BCUT2D eigenvalue weighted by Crippen LogP contribution is -2.27. The Morgan fingerprint density at radius 3 is 2.10 bits per heavy atom. The fourth-order valence-electron chi connectivity index (χ4n) is 3.81. The third kappa shape index (κ3) is 3.12. The van der Waals surface area contributed by atoms with E-state index in [-0.39, 0.29) is 11.2 Å². The first kappa shape index (κ1) is 18.1. The molecule has 6 nitrogen and oxygen atoms in total. The number of benzene rings is 3. The summed E-state index contributed by atoms with van der Waals surface area (Å²) in [6.45, 7) is 0.793. The Labute approximate surface area is 172 Å². The molecule has 5 aromatic rings. The van der Waals surface area contributed by atoms with Crippen molar-refractivity contribution < 1.29 is 0 Å². The van der Waals surface area contributed by atoms with Gasteiger partial charge in [0.2, 0.25) is 5.78 Å². The van der Waals surface area contributed by atoms with Gasteiger partial charge in [0.15, 0.2) is 0 Å². The van der Waals surface area contributed by atoms with Gasteiger partial charge in [0.25, 0.3) is 5.56 Å². The van der Waals surface area contributed by atoms with Gasteiger partial charge in [-0.25, -0.2) is 13.9 Å². The minimum Gasteiger partial charge on any atom is -0.276 e. The van der Waals surface area contributed by atoms with Gasteiger partial charge in [0, 0.05) is 6.54 Å². The highest BCUT2D eigenvalue weighted by atomic mass is 16.2. The first-order valence-electron chi connectivity index (χ1n) is 9.91. The van der Waals surface area contributed by atoms with Gasteiger partial charge in [-0.3, -0.25) is 9.36 Å². The van der Waals surface area contributed by atoms with Gasteiger partial charge in [-0.2, -0.15) is 0 Å². The monoisotopic (exact) mass is 396 g/mol. The number of rotatable bonds is 5. The summed E-state index contributed by atoms with van der Waals surface area (Å²) in [5, 5.41) is 5.07. The van der Waals surface area contributed by atoms with Crippen molar-refractivity contribution in [1.29, 1.82) is 0 Å². The molecule has 0 spiro atoms. The molecule has 6 heteroatoms. The van der Waals surface area contributed by atoms with Crippen LogP contribution in [0.5, 0.6) is 0 Å². The van der Waals surface area contributed by atoms with Crippen LogP contribution >= 0.6 is 0 Å². The van der Waals surface area contributed by atoms with E-state index in [0.717, 1.165) is 11.1 Å². The van der Waals surface area contributed by atoms with Crippen LogP contribution in [0.3, 0.4) is 0 Å². The molecule has 0 unspecified atom stereocenters. The van der Waals surface area contributed by atoms with E-state index < -0.39 is 0 Å². The SMILES string of the molecule is O=c1c2ccccc2n2c(=O)n(Cc3ccccc3)nc2n1CCc1ccccc1. The molecular formula is C24H20N4O2. The molecular weight excluding hydrogens is 376 g/mol. The Bertz CT molecular complexity index is 1450. The fourth-order valence-corrected chi connectivity index (χ4v) is 3.81. The zero-order chi connectivity index (χ0) is 20.5. The highest BCUT2D eigenvalue weighted by molar-refractivity contribution is 5.80. The van der Waals surface area contributed by atoms with Crippen molar-refractivity contribution >= 4 is 16.7 Å². The number of nitrogens with zero attached hydrogens (tertiary/aromatic N) is 4. The second-order valence-electron chi connectivity index (χ2n) is 7.27. The van der Waals surface area contributed by atoms with Gasteiger partial charge >= 0.3 is 5.69 Å². The highest BCUT2D eigenvalue weighted by Crippen LogP contribution is 2.12. The van der Waals surface area contributed by atoms with Crippen LogP contribution in [0.4, 0.5) is 0 Å². The lowest BCUT2D eigenvalue weighted by molar-refractivity contribution is 0.645. The summed E-state index contributed by atoms with van der Waals surface area (Å²) in [5.74, 6) is 0.371. The summed E-state index contributed by atoms with van der Waals surface area (Å²) in [7, 11) is 0. The van der Waals surface area contributed by atoms with E-state index in [1.807, 2.05) is 72.8 Å². The van der Waals surface area contributed by atoms with Gasteiger partial charge in [-0.15, -0.1) is 5.10 Å². The Morgan fingerprint density at radius 2 is 1.37 bits per heavy atom. The van der Waals surface area contributed by atoms with Crippen LogP contribution in [0, 0.1) is 0 Å². The summed E-state index contributed by atoms with van der Waals surface area (Å²) in [5.41, 5.74) is 2.30. The Morgan fingerprint density at radius 1 is 0.733 bits per heavy atom. The van der Waals surface area contributed by atoms with Crippen molar-refractivity contribution in [3.8, 4) is 0 Å². The molecule has 0 aliphatic rings. The number of aromatic nitrogens is 4.